The van der Waals surface area contributed by atoms with Crippen molar-refractivity contribution in [2.75, 3.05) is 10.5 Å². The van der Waals surface area contributed by atoms with Gasteiger partial charge in [0.2, 0.25) is 5.13 Å². The van der Waals surface area contributed by atoms with Crippen molar-refractivity contribution in [1.29, 1.82) is 0 Å². The number of hydrogen-bond donors (Lipinski definition) is 2. The Hall–Kier alpha value is -1.26. The lowest BCUT2D eigenvalue weighted by Gasteiger charge is -2.06. The van der Waals surface area contributed by atoms with E-state index in [1.54, 1.807) is 0 Å². The van der Waals surface area contributed by atoms with Crippen molar-refractivity contribution in [2.45, 2.75) is 4.90 Å². The summed E-state index contributed by atoms with van der Waals surface area (Å²) in [5.74, 6) is 0. The van der Waals surface area contributed by atoms with Crippen LogP contribution in [0.4, 0.5) is 10.8 Å². The number of halogens is 1. The fourth-order valence-electron chi connectivity index (χ4n) is 1.08. The quantitative estimate of drug-likeness (QED) is 0.812. The minimum Gasteiger partial charge on any atom is -0.399 e. The van der Waals surface area contributed by atoms with Gasteiger partial charge in [0, 0.05) is 21.7 Å². The second kappa shape index (κ2) is 4.55. The Labute approximate surface area is 109 Å². The van der Waals surface area contributed by atoms with E-state index in [-0.39, 0.29) is 10.0 Å². The third-order valence-electron chi connectivity index (χ3n) is 1.77. The van der Waals surface area contributed by atoms with Gasteiger partial charge in [-0.3, -0.25) is 4.72 Å². The number of nitrogen functional groups attached to an aromatic ring is 1. The normalized spacial score (nSPS) is 11.4. The Morgan fingerprint density at radius 3 is 2.76 bits per heavy atom. The standard InChI is InChI=1S/C7H6BrN5O2S2/c8-5-3-4(9)1-2-6(5)17(14,15)11-7-10-12-13-16-7/h1-3H,9H2,(H,10,11,13). The first-order valence-electron chi connectivity index (χ1n) is 4.22. The maximum Gasteiger partial charge on any atom is 0.264 e. The molecule has 0 bridgehead atoms. The lowest BCUT2D eigenvalue weighted by molar-refractivity contribution is 0.600. The molecule has 1 aromatic heterocycles. The highest BCUT2D eigenvalue weighted by molar-refractivity contribution is 9.10. The number of sulfonamides is 1. The Bertz CT molecular complexity index is 628. The molecule has 1 heterocycles. The van der Waals surface area contributed by atoms with Crippen LogP contribution in [0.1, 0.15) is 0 Å². The summed E-state index contributed by atoms with van der Waals surface area (Å²) in [6.07, 6.45) is 0. The highest BCUT2D eigenvalue weighted by Gasteiger charge is 2.19. The van der Waals surface area contributed by atoms with Gasteiger partial charge in [-0.25, -0.2) is 8.42 Å². The third-order valence-corrected chi connectivity index (χ3v) is 4.72. The minimum absolute atomic E-state index is 0.0712. The molecular weight excluding hydrogens is 330 g/mol. The molecule has 0 atom stereocenters. The first-order valence-corrected chi connectivity index (χ1v) is 7.27. The van der Waals surface area contributed by atoms with Crippen LogP contribution in [0.15, 0.2) is 27.6 Å². The number of aromatic nitrogens is 3. The summed E-state index contributed by atoms with van der Waals surface area (Å²) < 4.78 is 30.0. The molecule has 7 nitrogen and oxygen atoms in total. The molecule has 0 radical (unpaired) electrons. The van der Waals surface area contributed by atoms with E-state index in [1.165, 1.54) is 18.2 Å². The highest BCUT2D eigenvalue weighted by atomic mass is 79.9. The van der Waals surface area contributed by atoms with Crippen LogP contribution in [-0.2, 0) is 10.0 Å². The molecule has 0 aliphatic carbocycles. The van der Waals surface area contributed by atoms with Gasteiger partial charge in [0.05, 0.1) is 0 Å². The maximum absolute atomic E-state index is 12.0. The van der Waals surface area contributed by atoms with Crippen molar-refractivity contribution in [1.82, 2.24) is 14.8 Å². The molecule has 0 saturated carbocycles. The maximum atomic E-state index is 12.0. The molecule has 0 amide bonds. The van der Waals surface area contributed by atoms with Crippen LogP contribution in [0.5, 0.6) is 0 Å². The number of benzene rings is 1. The molecule has 10 heteroatoms. The van der Waals surface area contributed by atoms with Crippen LogP contribution in [-0.4, -0.2) is 23.2 Å². The predicted octanol–water partition coefficient (Wildman–Crippen LogP) is 1.08. The van der Waals surface area contributed by atoms with E-state index in [0.717, 1.165) is 11.5 Å². The van der Waals surface area contributed by atoms with E-state index in [9.17, 15) is 8.42 Å². The lowest BCUT2D eigenvalue weighted by Crippen LogP contribution is -2.13. The predicted molar refractivity (Wildman–Crippen MR) is 67.1 cm³/mol. The van der Waals surface area contributed by atoms with Gasteiger partial charge in [0.1, 0.15) is 4.90 Å². The summed E-state index contributed by atoms with van der Waals surface area (Å²) in [5, 5.41) is 6.90. The molecule has 90 valence electrons. The molecule has 1 aromatic carbocycles. The van der Waals surface area contributed by atoms with Crippen molar-refractivity contribution >= 4 is 48.3 Å². The monoisotopic (exact) mass is 335 g/mol. The summed E-state index contributed by atoms with van der Waals surface area (Å²) in [7, 11) is -3.72. The molecule has 17 heavy (non-hydrogen) atoms. The molecule has 0 aliphatic rings. The van der Waals surface area contributed by atoms with Crippen LogP contribution in [0.25, 0.3) is 0 Å². The number of nitrogens with two attached hydrogens (primary N) is 1. The first kappa shape index (κ1) is 12.2. The van der Waals surface area contributed by atoms with E-state index in [0.29, 0.717) is 10.2 Å². The van der Waals surface area contributed by atoms with Crippen LogP contribution < -0.4 is 10.5 Å². The summed E-state index contributed by atoms with van der Waals surface area (Å²) in [6.45, 7) is 0. The summed E-state index contributed by atoms with van der Waals surface area (Å²) in [4.78, 5) is 0.0712. The van der Waals surface area contributed by atoms with Gasteiger partial charge >= 0.3 is 0 Å². The molecule has 0 spiro atoms. The topological polar surface area (TPSA) is 111 Å². The van der Waals surface area contributed by atoms with Gasteiger partial charge in [0.15, 0.2) is 0 Å². The van der Waals surface area contributed by atoms with E-state index < -0.39 is 10.0 Å². The van der Waals surface area contributed by atoms with E-state index in [4.69, 9.17) is 5.73 Å². The fraction of sp³-hybridized carbons (Fsp3) is 0. The van der Waals surface area contributed by atoms with Gasteiger partial charge < -0.3 is 5.73 Å². The fourth-order valence-corrected chi connectivity index (χ4v) is 3.76. The van der Waals surface area contributed by atoms with Gasteiger partial charge in [-0.2, -0.15) is 0 Å². The average molecular weight is 336 g/mol. The summed E-state index contributed by atoms with van der Waals surface area (Å²) in [5.41, 5.74) is 6.00. The van der Waals surface area contributed by atoms with Crippen molar-refractivity contribution in [3.8, 4) is 0 Å². The number of rotatable bonds is 3. The molecule has 3 N–H and O–H groups in total. The number of nitrogens with one attached hydrogen (secondary N) is 1. The van der Waals surface area contributed by atoms with E-state index in [2.05, 4.69) is 35.5 Å². The molecule has 0 saturated heterocycles. The zero-order chi connectivity index (χ0) is 12.5. The Balaban J connectivity index is 2.38. The van der Waals surface area contributed by atoms with Gasteiger partial charge in [-0.05, 0) is 39.3 Å². The first-order chi connectivity index (χ1) is 7.99. The highest BCUT2D eigenvalue weighted by Crippen LogP contribution is 2.26. The van der Waals surface area contributed by atoms with Crippen molar-refractivity contribution < 1.29 is 8.42 Å². The zero-order valence-corrected chi connectivity index (χ0v) is 11.4. The number of nitrogens with zero attached hydrogens (tertiary/aromatic N) is 3. The van der Waals surface area contributed by atoms with Gasteiger partial charge in [-0.15, -0.1) is 0 Å². The van der Waals surface area contributed by atoms with Crippen molar-refractivity contribution in [2.24, 2.45) is 0 Å². The second-order valence-corrected chi connectivity index (χ2v) is 6.20. The molecule has 2 rings (SSSR count). The lowest BCUT2D eigenvalue weighted by atomic mass is 10.3. The molecule has 0 aliphatic heterocycles. The van der Waals surface area contributed by atoms with Crippen LogP contribution in [0.3, 0.4) is 0 Å². The van der Waals surface area contributed by atoms with Crippen LogP contribution in [0.2, 0.25) is 0 Å². The molecule has 0 fully saturated rings. The number of hydrogen-bond acceptors (Lipinski definition) is 7. The Kier molecular flexibility index (Phi) is 3.26. The van der Waals surface area contributed by atoms with Crippen molar-refractivity contribution in [3.05, 3.63) is 22.7 Å². The summed E-state index contributed by atoms with van der Waals surface area (Å²) >= 11 is 3.99. The Morgan fingerprint density at radius 2 is 2.18 bits per heavy atom. The number of anilines is 2. The smallest absolute Gasteiger partial charge is 0.264 e. The summed E-state index contributed by atoms with van der Waals surface area (Å²) in [6, 6.07) is 4.40. The third kappa shape index (κ3) is 2.70. The van der Waals surface area contributed by atoms with Gasteiger partial charge in [-0.1, -0.05) is 9.59 Å². The van der Waals surface area contributed by atoms with Crippen LogP contribution >= 0.6 is 27.5 Å². The van der Waals surface area contributed by atoms with Crippen LogP contribution in [0, 0.1) is 0 Å². The molecular formula is C7H6BrN5O2S2. The second-order valence-electron chi connectivity index (χ2n) is 2.96. The largest absolute Gasteiger partial charge is 0.399 e. The average Bonchev–Trinajstić information content (AvgIpc) is 2.68. The molecule has 2 aromatic rings. The van der Waals surface area contributed by atoms with E-state index >= 15 is 0 Å². The minimum atomic E-state index is -3.72. The van der Waals surface area contributed by atoms with E-state index in [1.807, 2.05) is 0 Å². The van der Waals surface area contributed by atoms with Gasteiger partial charge in [0.25, 0.3) is 10.0 Å². The Morgan fingerprint density at radius 1 is 1.41 bits per heavy atom. The van der Waals surface area contributed by atoms with Crippen molar-refractivity contribution in [3.63, 3.8) is 0 Å². The SMILES string of the molecule is Nc1ccc(S(=O)(=O)Nc2nnns2)c(Br)c1. The zero-order valence-electron chi connectivity index (χ0n) is 8.16. The molecule has 0 unspecified atom stereocenters.